The SMILES string of the molecule is CNC(c1c(F)cc(OC)cc1F)c1c(C)oc(C)c1C. The van der Waals surface area contributed by atoms with Crippen LogP contribution in [-0.2, 0) is 0 Å². The van der Waals surface area contributed by atoms with Crippen LogP contribution in [0.3, 0.4) is 0 Å². The van der Waals surface area contributed by atoms with Gasteiger partial charge in [-0.3, -0.25) is 0 Å². The van der Waals surface area contributed by atoms with Crippen molar-refractivity contribution in [1.82, 2.24) is 5.32 Å². The van der Waals surface area contributed by atoms with Crippen molar-refractivity contribution in [3.8, 4) is 5.75 Å². The van der Waals surface area contributed by atoms with Crippen molar-refractivity contribution in [2.24, 2.45) is 0 Å². The lowest BCUT2D eigenvalue weighted by molar-refractivity contribution is 0.403. The Bertz CT molecular complexity index is 642. The van der Waals surface area contributed by atoms with E-state index in [1.165, 1.54) is 19.2 Å². The van der Waals surface area contributed by atoms with Gasteiger partial charge in [0.25, 0.3) is 0 Å². The molecular weight excluding hydrogens is 276 g/mol. The summed E-state index contributed by atoms with van der Waals surface area (Å²) in [5.41, 5.74) is 1.62. The van der Waals surface area contributed by atoms with Gasteiger partial charge in [0.2, 0.25) is 0 Å². The molecule has 0 radical (unpaired) electrons. The third-order valence-corrected chi connectivity index (χ3v) is 3.77. The van der Waals surface area contributed by atoms with E-state index >= 15 is 0 Å². The number of furan rings is 1. The summed E-state index contributed by atoms with van der Waals surface area (Å²) < 4.78 is 39.0. The van der Waals surface area contributed by atoms with Gasteiger partial charge in [-0.05, 0) is 33.4 Å². The summed E-state index contributed by atoms with van der Waals surface area (Å²) in [5, 5.41) is 2.97. The molecule has 2 rings (SSSR count). The molecule has 0 bridgehead atoms. The zero-order valence-electron chi connectivity index (χ0n) is 12.8. The molecular formula is C16H19F2NO2. The first-order chi connectivity index (χ1) is 9.90. The highest BCUT2D eigenvalue weighted by Crippen LogP contribution is 2.35. The van der Waals surface area contributed by atoms with E-state index in [9.17, 15) is 8.78 Å². The largest absolute Gasteiger partial charge is 0.497 e. The Morgan fingerprint density at radius 1 is 1.05 bits per heavy atom. The highest BCUT2D eigenvalue weighted by atomic mass is 19.1. The Morgan fingerprint density at radius 3 is 2.00 bits per heavy atom. The van der Waals surface area contributed by atoms with E-state index in [0.717, 1.165) is 16.9 Å². The van der Waals surface area contributed by atoms with Crippen LogP contribution in [0.5, 0.6) is 5.75 Å². The highest BCUT2D eigenvalue weighted by Gasteiger charge is 2.27. The second-order valence-corrected chi connectivity index (χ2v) is 4.98. The van der Waals surface area contributed by atoms with Crippen LogP contribution >= 0.6 is 0 Å². The normalized spacial score (nSPS) is 12.5. The van der Waals surface area contributed by atoms with E-state index in [-0.39, 0.29) is 11.3 Å². The predicted molar refractivity (Wildman–Crippen MR) is 76.7 cm³/mol. The van der Waals surface area contributed by atoms with Gasteiger partial charge in [0.1, 0.15) is 28.9 Å². The van der Waals surface area contributed by atoms with E-state index in [2.05, 4.69) is 5.32 Å². The number of aryl methyl sites for hydroxylation is 2. The average Bonchev–Trinajstić information content (AvgIpc) is 2.68. The smallest absolute Gasteiger partial charge is 0.134 e. The van der Waals surface area contributed by atoms with Gasteiger partial charge < -0.3 is 14.5 Å². The van der Waals surface area contributed by atoms with Gasteiger partial charge >= 0.3 is 0 Å². The van der Waals surface area contributed by atoms with Crippen LogP contribution in [0.25, 0.3) is 0 Å². The number of benzene rings is 1. The molecule has 1 aromatic heterocycles. The number of rotatable bonds is 4. The summed E-state index contributed by atoms with van der Waals surface area (Å²) in [7, 11) is 3.03. The van der Waals surface area contributed by atoms with Crippen molar-refractivity contribution >= 4 is 0 Å². The molecule has 0 saturated heterocycles. The molecule has 0 saturated carbocycles. The maximum atomic E-state index is 14.3. The quantitative estimate of drug-likeness (QED) is 0.931. The van der Waals surface area contributed by atoms with Crippen LogP contribution in [0.15, 0.2) is 16.5 Å². The summed E-state index contributed by atoms with van der Waals surface area (Å²) in [6.45, 7) is 5.50. The van der Waals surface area contributed by atoms with Crippen LogP contribution in [0.1, 0.15) is 34.3 Å². The van der Waals surface area contributed by atoms with Crippen LogP contribution in [0.4, 0.5) is 8.78 Å². The van der Waals surface area contributed by atoms with E-state index in [4.69, 9.17) is 9.15 Å². The lowest BCUT2D eigenvalue weighted by atomic mass is 9.94. The van der Waals surface area contributed by atoms with Crippen molar-refractivity contribution in [2.45, 2.75) is 26.8 Å². The Hall–Kier alpha value is -1.88. The second-order valence-electron chi connectivity index (χ2n) is 4.98. The molecule has 0 aliphatic rings. The lowest BCUT2D eigenvalue weighted by Gasteiger charge is -2.19. The molecule has 1 heterocycles. The van der Waals surface area contributed by atoms with Crippen molar-refractivity contribution in [3.05, 3.63) is 52.0 Å². The maximum absolute atomic E-state index is 14.3. The molecule has 0 aliphatic heterocycles. The van der Waals surface area contributed by atoms with Crippen LogP contribution in [-0.4, -0.2) is 14.2 Å². The van der Waals surface area contributed by atoms with Gasteiger partial charge in [0, 0.05) is 23.3 Å². The minimum Gasteiger partial charge on any atom is -0.497 e. The number of nitrogens with one attached hydrogen (secondary N) is 1. The monoisotopic (exact) mass is 295 g/mol. The summed E-state index contributed by atoms with van der Waals surface area (Å²) in [4.78, 5) is 0. The lowest BCUT2D eigenvalue weighted by Crippen LogP contribution is -2.21. The van der Waals surface area contributed by atoms with Crippen molar-refractivity contribution in [3.63, 3.8) is 0 Å². The summed E-state index contributed by atoms with van der Waals surface area (Å²) in [5.74, 6) is 0.254. The molecule has 2 aromatic rings. The number of halogens is 2. The summed E-state index contributed by atoms with van der Waals surface area (Å²) in [6, 6.07) is 1.74. The molecule has 5 heteroatoms. The Morgan fingerprint density at radius 2 is 1.62 bits per heavy atom. The zero-order chi connectivity index (χ0) is 15.7. The van der Waals surface area contributed by atoms with E-state index in [1.54, 1.807) is 14.0 Å². The Kier molecular flexibility index (Phi) is 4.32. The molecule has 114 valence electrons. The first-order valence-corrected chi connectivity index (χ1v) is 6.67. The van der Waals surface area contributed by atoms with E-state index < -0.39 is 17.7 Å². The summed E-state index contributed by atoms with van der Waals surface area (Å²) >= 11 is 0. The van der Waals surface area contributed by atoms with E-state index in [0.29, 0.717) is 5.76 Å². The first kappa shape index (κ1) is 15.5. The van der Waals surface area contributed by atoms with Crippen molar-refractivity contribution in [2.75, 3.05) is 14.2 Å². The molecule has 0 spiro atoms. The van der Waals surface area contributed by atoms with Gasteiger partial charge in [-0.15, -0.1) is 0 Å². The number of ether oxygens (including phenoxy) is 1. The van der Waals surface area contributed by atoms with Crippen molar-refractivity contribution < 1.29 is 17.9 Å². The molecule has 1 aromatic carbocycles. The van der Waals surface area contributed by atoms with Gasteiger partial charge in [0.15, 0.2) is 0 Å². The summed E-state index contributed by atoms with van der Waals surface area (Å²) in [6.07, 6.45) is 0. The van der Waals surface area contributed by atoms with Gasteiger partial charge in [0.05, 0.1) is 13.2 Å². The van der Waals surface area contributed by atoms with Gasteiger partial charge in [-0.1, -0.05) is 0 Å². The molecule has 1 atom stereocenters. The maximum Gasteiger partial charge on any atom is 0.134 e. The number of hydrogen-bond donors (Lipinski definition) is 1. The zero-order valence-corrected chi connectivity index (χ0v) is 12.8. The van der Waals surface area contributed by atoms with Crippen LogP contribution in [0.2, 0.25) is 0 Å². The molecule has 1 unspecified atom stereocenters. The fourth-order valence-electron chi connectivity index (χ4n) is 2.62. The topological polar surface area (TPSA) is 34.4 Å². The number of methoxy groups -OCH3 is 1. The molecule has 0 amide bonds. The van der Waals surface area contributed by atoms with Gasteiger partial charge in [-0.2, -0.15) is 0 Å². The minimum absolute atomic E-state index is 0.0368. The van der Waals surface area contributed by atoms with Crippen molar-refractivity contribution in [1.29, 1.82) is 0 Å². The molecule has 21 heavy (non-hydrogen) atoms. The fourth-order valence-corrected chi connectivity index (χ4v) is 2.62. The van der Waals surface area contributed by atoms with Crippen LogP contribution < -0.4 is 10.1 Å². The predicted octanol–water partition coefficient (Wildman–Crippen LogP) is 3.80. The minimum atomic E-state index is -0.649. The molecule has 0 aliphatic carbocycles. The van der Waals surface area contributed by atoms with Crippen LogP contribution in [0, 0.1) is 32.4 Å². The second kappa shape index (κ2) is 5.85. The average molecular weight is 295 g/mol. The third kappa shape index (κ3) is 2.65. The fraction of sp³-hybridized carbons (Fsp3) is 0.375. The first-order valence-electron chi connectivity index (χ1n) is 6.67. The third-order valence-electron chi connectivity index (χ3n) is 3.77. The Labute approximate surface area is 122 Å². The Balaban J connectivity index is 2.62. The molecule has 1 N–H and O–H groups in total. The van der Waals surface area contributed by atoms with Gasteiger partial charge in [-0.25, -0.2) is 8.78 Å². The number of hydrogen-bond acceptors (Lipinski definition) is 3. The standard InChI is InChI=1S/C16H19F2NO2/c1-8-9(2)21-10(3)14(8)16(19-4)15-12(17)6-11(20-5)7-13(15)18/h6-7,16,19H,1-5H3. The van der Waals surface area contributed by atoms with E-state index in [1.807, 2.05) is 13.8 Å². The molecule has 0 fully saturated rings. The highest BCUT2D eigenvalue weighted by molar-refractivity contribution is 5.43. The molecule has 3 nitrogen and oxygen atoms in total.